The summed E-state index contributed by atoms with van der Waals surface area (Å²) in [7, 11) is 0. The van der Waals surface area contributed by atoms with Crippen molar-refractivity contribution in [2.75, 3.05) is 13.2 Å². The van der Waals surface area contributed by atoms with E-state index in [4.69, 9.17) is 10.5 Å². The lowest BCUT2D eigenvalue weighted by molar-refractivity contribution is 0.0612. The van der Waals surface area contributed by atoms with Crippen LogP contribution in [-0.2, 0) is 4.74 Å². The van der Waals surface area contributed by atoms with E-state index in [-0.39, 0.29) is 6.04 Å². The van der Waals surface area contributed by atoms with Crippen molar-refractivity contribution in [2.45, 2.75) is 44.2 Å². The molecule has 0 amide bonds. The lowest BCUT2D eigenvalue weighted by Gasteiger charge is -2.28. The van der Waals surface area contributed by atoms with Crippen molar-refractivity contribution < 1.29 is 4.74 Å². The first-order valence-electron chi connectivity index (χ1n) is 8.04. The summed E-state index contributed by atoms with van der Waals surface area (Å²) in [6.07, 6.45) is 5.74. The Morgan fingerprint density at radius 1 is 1.19 bits per heavy atom. The molecule has 0 radical (unpaired) electrons. The summed E-state index contributed by atoms with van der Waals surface area (Å²) in [6, 6.07) is 11.3. The predicted octanol–water partition coefficient (Wildman–Crippen LogP) is 2.61. The maximum Gasteiger partial charge on any atom is 0.189 e. The molecule has 21 heavy (non-hydrogen) atoms. The fraction of sp³-hybridized carbons (Fsp3) is 0.588. The maximum atomic E-state index is 6.07. The minimum Gasteiger partial charge on any atom is -0.381 e. The van der Waals surface area contributed by atoms with Crippen molar-refractivity contribution >= 4 is 5.96 Å². The predicted molar refractivity (Wildman–Crippen MR) is 85.1 cm³/mol. The van der Waals surface area contributed by atoms with Crippen LogP contribution in [-0.4, -0.2) is 25.2 Å². The Kier molecular flexibility index (Phi) is 4.76. The number of rotatable bonds is 5. The van der Waals surface area contributed by atoms with E-state index in [1.807, 2.05) is 0 Å². The van der Waals surface area contributed by atoms with Gasteiger partial charge >= 0.3 is 0 Å². The van der Waals surface area contributed by atoms with Crippen LogP contribution in [0.3, 0.4) is 0 Å². The van der Waals surface area contributed by atoms with Crippen molar-refractivity contribution in [3.05, 3.63) is 35.9 Å². The number of benzene rings is 1. The molecule has 114 valence electrons. The van der Waals surface area contributed by atoms with Gasteiger partial charge in [0.25, 0.3) is 0 Å². The molecule has 1 atom stereocenters. The molecule has 3 rings (SSSR count). The number of hydrogen-bond acceptors (Lipinski definition) is 2. The van der Waals surface area contributed by atoms with Crippen molar-refractivity contribution in [1.82, 2.24) is 5.32 Å². The zero-order valence-corrected chi connectivity index (χ0v) is 12.5. The van der Waals surface area contributed by atoms with E-state index in [1.54, 1.807) is 0 Å². The number of nitrogens with two attached hydrogens (primary N) is 1. The summed E-state index contributed by atoms with van der Waals surface area (Å²) in [5, 5.41) is 3.44. The number of aliphatic imine (C=N–C) groups is 1. The van der Waals surface area contributed by atoms with Crippen LogP contribution in [0.4, 0.5) is 0 Å². The Balaban J connectivity index is 1.67. The molecule has 0 bridgehead atoms. The van der Waals surface area contributed by atoms with Crippen LogP contribution in [0.25, 0.3) is 0 Å². The lowest BCUT2D eigenvalue weighted by atomic mass is 9.89. The quantitative estimate of drug-likeness (QED) is 0.646. The maximum absolute atomic E-state index is 6.07. The lowest BCUT2D eigenvalue weighted by Crippen LogP contribution is -2.36. The number of hydrogen-bond donors (Lipinski definition) is 2. The van der Waals surface area contributed by atoms with Gasteiger partial charge in [0.1, 0.15) is 0 Å². The van der Waals surface area contributed by atoms with Gasteiger partial charge in [0.15, 0.2) is 5.96 Å². The molecular formula is C17H25N3O. The third-order valence-electron chi connectivity index (χ3n) is 4.30. The average Bonchev–Trinajstić information content (AvgIpc) is 3.32. The zero-order chi connectivity index (χ0) is 14.5. The van der Waals surface area contributed by atoms with Crippen LogP contribution >= 0.6 is 0 Å². The molecule has 1 saturated carbocycles. The smallest absolute Gasteiger partial charge is 0.189 e. The highest BCUT2D eigenvalue weighted by atomic mass is 16.5. The molecule has 4 heteroatoms. The SMILES string of the molecule is NC(=NC1CC1)NC(CC1CCOCC1)c1ccccc1. The van der Waals surface area contributed by atoms with Gasteiger partial charge in [-0.25, -0.2) is 0 Å². The number of nitrogens with zero attached hydrogens (tertiary/aromatic N) is 1. The van der Waals surface area contributed by atoms with Gasteiger partial charge in [0, 0.05) is 13.2 Å². The van der Waals surface area contributed by atoms with Crippen LogP contribution in [0, 0.1) is 5.92 Å². The molecule has 1 unspecified atom stereocenters. The Morgan fingerprint density at radius 2 is 1.90 bits per heavy atom. The van der Waals surface area contributed by atoms with E-state index in [0.29, 0.717) is 17.9 Å². The molecule has 4 nitrogen and oxygen atoms in total. The van der Waals surface area contributed by atoms with Crippen molar-refractivity contribution in [3.63, 3.8) is 0 Å². The van der Waals surface area contributed by atoms with Gasteiger partial charge in [0.05, 0.1) is 12.1 Å². The minimum absolute atomic E-state index is 0.247. The first-order chi connectivity index (χ1) is 10.3. The number of guanidine groups is 1. The Bertz CT molecular complexity index is 464. The molecule has 1 aliphatic heterocycles. The van der Waals surface area contributed by atoms with Crippen LogP contribution in [0.5, 0.6) is 0 Å². The van der Waals surface area contributed by atoms with Crippen LogP contribution in [0.15, 0.2) is 35.3 Å². The molecule has 3 N–H and O–H groups in total. The molecule has 1 aromatic carbocycles. The molecule has 1 aromatic rings. The second-order valence-corrected chi connectivity index (χ2v) is 6.14. The van der Waals surface area contributed by atoms with Crippen LogP contribution in [0.1, 0.15) is 43.7 Å². The fourth-order valence-corrected chi connectivity index (χ4v) is 2.90. The van der Waals surface area contributed by atoms with E-state index in [9.17, 15) is 0 Å². The summed E-state index contributed by atoms with van der Waals surface area (Å²) in [5.41, 5.74) is 7.36. The first kappa shape index (κ1) is 14.4. The molecule has 2 aliphatic rings. The van der Waals surface area contributed by atoms with Gasteiger partial charge in [-0.1, -0.05) is 30.3 Å². The third kappa shape index (κ3) is 4.46. The summed E-state index contributed by atoms with van der Waals surface area (Å²) in [5.74, 6) is 1.29. The largest absolute Gasteiger partial charge is 0.381 e. The van der Waals surface area contributed by atoms with E-state index in [1.165, 1.54) is 18.4 Å². The Hall–Kier alpha value is -1.55. The van der Waals surface area contributed by atoms with Crippen molar-refractivity contribution in [3.8, 4) is 0 Å². The molecule has 1 saturated heterocycles. The minimum atomic E-state index is 0.247. The Morgan fingerprint density at radius 3 is 2.57 bits per heavy atom. The molecular weight excluding hydrogens is 262 g/mol. The summed E-state index contributed by atoms with van der Waals surface area (Å²) >= 11 is 0. The average molecular weight is 287 g/mol. The van der Waals surface area contributed by atoms with Gasteiger partial charge in [-0.3, -0.25) is 4.99 Å². The summed E-state index contributed by atoms with van der Waals surface area (Å²) in [6.45, 7) is 1.77. The van der Waals surface area contributed by atoms with Crippen LogP contribution < -0.4 is 11.1 Å². The fourth-order valence-electron chi connectivity index (χ4n) is 2.90. The van der Waals surface area contributed by atoms with Gasteiger partial charge in [-0.15, -0.1) is 0 Å². The summed E-state index contributed by atoms with van der Waals surface area (Å²) < 4.78 is 5.46. The first-order valence-corrected chi connectivity index (χ1v) is 8.04. The number of nitrogens with one attached hydrogen (secondary N) is 1. The van der Waals surface area contributed by atoms with Crippen LogP contribution in [0.2, 0.25) is 0 Å². The van der Waals surface area contributed by atoms with Crippen molar-refractivity contribution in [2.24, 2.45) is 16.6 Å². The molecule has 1 heterocycles. The Labute approximate surface area is 126 Å². The van der Waals surface area contributed by atoms with E-state index in [0.717, 1.165) is 32.5 Å². The van der Waals surface area contributed by atoms with Gasteiger partial charge in [0.2, 0.25) is 0 Å². The highest BCUT2D eigenvalue weighted by molar-refractivity contribution is 5.78. The third-order valence-corrected chi connectivity index (χ3v) is 4.30. The standard InChI is InChI=1S/C17H25N3O/c18-17(19-15-6-7-15)20-16(14-4-2-1-3-5-14)12-13-8-10-21-11-9-13/h1-5,13,15-16H,6-12H2,(H3,18,19,20). The van der Waals surface area contributed by atoms with Crippen molar-refractivity contribution in [1.29, 1.82) is 0 Å². The zero-order valence-electron chi connectivity index (χ0n) is 12.5. The molecule has 0 aromatic heterocycles. The van der Waals surface area contributed by atoms with E-state index < -0.39 is 0 Å². The highest BCUT2D eigenvalue weighted by Crippen LogP contribution is 2.28. The summed E-state index contributed by atoms with van der Waals surface area (Å²) in [4.78, 5) is 4.51. The topological polar surface area (TPSA) is 59.6 Å². The second kappa shape index (κ2) is 6.94. The normalized spacial score (nSPS) is 22.0. The van der Waals surface area contributed by atoms with E-state index >= 15 is 0 Å². The highest BCUT2D eigenvalue weighted by Gasteiger charge is 2.23. The molecule has 2 fully saturated rings. The van der Waals surface area contributed by atoms with Gasteiger partial charge in [-0.2, -0.15) is 0 Å². The van der Waals surface area contributed by atoms with E-state index in [2.05, 4.69) is 40.6 Å². The van der Waals surface area contributed by atoms with Gasteiger partial charge < -0.3 is 15.8 Å². The van der Waals surface area contributed by atoms with Gasteiger partial charge in [-0.05, 0) is 43.6 Å². The monoisotopic (exact) mass is 287 g/mol. The molecule has 1 aliphatic carbocycles. The number of ether oxygens (including phenoxy) is 1. The second-order valence-electron chi connectivity index (χ2n) is 6.14. The molecule has 0 spiro atoms.